The molecule has 0 rings (SSSR count). The maximum atomic E-state index is 12.8. The molecular weight excluding hydrogens is 805 g/mol. The van der Waals surface area contributed by atoms with Gasteiger partial charge in [-0.25, -0.2) is 0 Å². The van der Waals surface area contributed by atoms with Crippen LogP contribution in [0.25, 0.3) is 0 Å². The molecule has 0 aromatic heterocycles. The minimum atomic E-state index is -0.808. The van der Waals surface area contributed by atoms with Gasteiger partial charge in [-0.2, -0.15) is 0 Å². The molecule has 0 aromatic rings. The second-order valence-electron chi connectivity index (χ2n) is 17.4. The third-order valence-corrected chi connectivity index (χ3v) is 11.1. The average Bonchev–Trinajstić information content (AvgIpc) is 3.30. The van der Waals surface area contributed by atoms with E-state index in [9.17, 15) is 14.4 Å². The first-order valence-electron chi connectivity index (χ1n) is 26.7. The molecule has 0 saturated heterocycles. The van der Waals surface area contributed by atoms with Gasteiger partial charge in [0.05, 0.1) is 0 Å². The van der Waals surface area contributed by atoms with Crippen LogP contribution in [0.1, 0.15) is 239 Å². The Morgan fingerprint density at radius 2 is 0.615 bits per heavy atom. The lowest BCUT2D eigenvalue weighted by atomic mass is 10.0. The zero-order valence-corrected chi connectivity index (χ0v) is 42.2. The minimum Gasteiger partial charge on any atom is -0.462 e. The summed E-state index contributed by atoms with van der Waals surface area (Å²) >= 11 is 0. The molecule has 370 valence electrons. The Balaban J connectivity index is 4.51. The van der Waals surface area contributed by atoms with E-state index in [1.807, 2.05) is 0 Å². The van der Waals surface area contributed by atoms with Gasteiger partial charge in [0.2, 0.25) is 0 Å². The first kappa shape index (κ1) is 61.3. The monoisotopic (exact) mass is 903 g/mol. The fraction of sp³-hybridized carbons (Fsp3) is 0.678. The first-order valence-corrected chi connectivity index (χ1v) is 26.7. The second-order valence-corrected chi connectivity index (χ2v) is 17.4. The Morgan fingerprint density at radius 1 is 0.323 bits per heavy atom. The van der Waals surface area contributed by atoms with Crippen molar-refractivity contribution in [3.8, 4) is 0 Å². The van der Waals surface area contributed by atoms with Gasteiger partial charge in [0.1, 0.15) is 13.2 Å². The summed E-state index contributed by atoms with van der Waals surface area (Å²) in [5.41, 5.74) is 0. The molecule has 0 aromatic carbocycles. The third kappa shape index (κ3) is 51.2. The number of ether oxygens (including phenoxy) is 3. The highest BCUT2D eigenvalue weighted by Crippen LogP contribution is 2.14. The minimum absolute atomic E-state index is 0.107. The fourth-order valence-corrected chi connectivity index (χ4v) is 7.07. The van der Waals surface area contributed by atoms with Crippen LogP contribution in [-0.2, 0) is 28.6 Å². The van der Waals surface area contributed by atoms with Crippen LogP contribution in [0.2, 0.25) is 0 Å². The van der Waals surface area contributed by atoms with Gasteiger partial charge < -0.3 is 14.2 Å². The van der Waals surface area contributed by atoms with Gasteiger partial charge in [0.15, 0.2) is 6.10 Å². The van der Waals surface area contributed by atoms with Gasteiger partial charge in [-0.05, 0) is 96.3 Å². The first-order chi connectivity index (χ1) is 32.0. The molecule has 6 nitrogen and oxygen atoms in total. The molecule has 0 fully saturated rings. The molecule has 0 bridgehead atoms. The molecule has 0 heterocycles. The zero-order valence-electron chi connectivity index (χ0n) is 42.2. The predicted molar refractivity (Wildman–Crippen MR) is 279 cm³/mol. The van der Waals surface area contributed by atoms with Crippen molar-refractivity contribution in [3.05, 3.63) is 97.2 Å². The Labute approximate surface area is 400 Å². The molecule has 1 atom stereocenters. The van der Waals surface area contributed by atoms with Crippen molar-refractivity contribution in [2.24, 2.45) is 0 Å². The molecular formula is C59H98O6. The van der Waals surface area contributed by atoms with Crippen LogP contribution in [0.5, 0.6) is 0 Å². The van der Waals surface area contributed by atoms with E-state index in [0.717, 1.165) is 103 Å². The fourth-order valence-electron chi connectivity index (χ4n) is 7.07. The maximum Gasteiger partial charge on any atom is 0.306 e. The van der Waals surface area contributed by atoms with Crippen molar-refractivity contribution < 1.29 is 28.6 Å². The number of allylic oxidation sites excluding steroid dienone is 16. The summed E-state index contributed by atoms with van der Waals surface area (Å²) in [6.07, 6.45) is 69.6. The van der Waals surface area contributed by atoms with Gasteiger partial charge in [-0.15, -0.1) is 0 Å². The molecule has 0 aliphatic heterocycles. The molecule has 0 radical (unpaired) electrons. The van der Waals surface area contributed by atoms with Crippen molar-refractivity contribution in [3.63, 3.8) is 0 Å². The lowest BCUT2D eigenvalue weighted by molar-refractivity contribution is -0.167. The molecule has 0 aliphatic carbocycles. The highest BCUT2D eigenvalue weighted by molar-refractivity contribution is 5.71. The molecule has 0 N–H and O–H groups in total. The Kier molecular flexibility index (Phi) is 50.0. The molecule has 0 amide bonds. The summed E-state index contributed by atoms with van der Waals surface area (Å²) < 4.78 is 16.8. The van der Waals surface area contributed by atoms with Crippen LogP contribution in [0.15, 0.2) is 97.2 Å². The average molecular weight is 903 g/mol. The smallest absolute Gasteiger partial charge is 0.306 e. The van der Waals surface area contributed by atoms with Crippen LogP contribution in [0.4, 0.5) is 0 Å². The van der Waals surface area contributed by atoms with Crippen LogP contribution < -0.4 is 0 Å². The lowest BCUT2D eigenvalue weighted by Crippen LogP contribution is -2.30. The Bertz CT molecular complexity index is 1310. The van der Waals surface area contributed by atoms with Crippen LogP contribution in [0.3, 0.4) is 0 Å². The topological polar surface area (TPSA) is 78.9 Å². The van der Waals surface area contributed by atoms with E-state index >= 15 is 0 Å². The molecule has 0 aliphatic rings. The van der Waals surface area contributed by atoms with E-state index in [-0.39, 0.29) is 37.5 Å². The third-order valence-electron chi connectivity index (χ3n) is 11.1. The predicted octanol–water partition coefficient (Wildman–Crippen LogP) is 17.8. The molecule has 0 spiro atoms. The second kappa shape index (κ2) is 52.9. The van der Waals surface area contributed by atoms with E-state index in [4.69, 9.17) is 14.2 Å². The maximum absolute atomic E-state index is 12.8. The van der Waals surface area contributed by atoms with E-state index in [1.165, 1.54) is 89.9 Å². The number of rotatable bonds is 47. The number of carbonyl (C=O) groups excluding carboxylic acids is 3. The van der Waals surface area contributed by atoms with Gasteiger partial charge in [0.25, 0.3) is 0 Å². The highest BCUT2D eigenvalue weighted by Gasteiger charge is 2.19. The van der Waals surface area contributed by atoms with Crippen molar-refractivity contribution in [1.82, 2.24) is 0 Å². The van der Waals surface area contributed by atoms with E-state index in [2.05, 4.69) is 118 Å². The number of unbranched alkanes of at least 4 members (excludes halogenated alkanes) is 20. The zero-order chi connectivity index (χ0) is 47.2. The van der Waals surface area contributed by atoms with E-state index in [0.29, 0.717) is 19.3 Å². The van der Waals surface area contributed by atoms with Crippen molar-refractivity contribution >= 4 is 17.9 Å². The Hall–Kier alpha value is -3.67. The van der Waals surface area contributed by atoms with Gasteiger partial charge in [-0.3, -0.25) is 14.4 Å². The van der Waals surface area contributed by atoms with Crippen molar-refractivity contribution in [2.45, 2.75) is 245 Å². The van der Waals surface area contributed by atoms with E-state index in [1.54, 1.807) is 0 Å². The van der Waals surface area contributed by atoms with Gasteiger partial charge >= 0.3 is 17.9 Å². The summed E-state index contributed by atoms with van der Waals surface area (Å²) in [6.45, 7) is 6.42. The number of hydrogen-bond donors (Lipinski definition) is 0. The standard InChI is InChI=1S/C59H98O6/c1-4-7-10-13-16-19-22-25-27-29-31-34-36-39-42-45-48-51-57(60)63-54-56(65-59(62)53-50-47-44-41-38-33-24-21-18-15-12-9-6-3)55-64-58(61)52-49-46-43-40-37-35-32-30-28-26-23-20-17-14-11-8-5-2/h7,10,16-17,19-20,25-28,31-32,34-35,40,43,56H,4-6,8-9,11-15,18,21-24,29-30,33,36-39,41-42,44-55H2,1-3H3/b10-7-,19-16-,20-17-,27-25-,28-26-,34-31-,35-32-,43-40-/t56-/m1/s1. The van der Waals surface area contributed by atoms with Crippen LogP contribution in [0, 0.1) is 0 Å². The van der Waals surface area contributed by atoms with Crippen LogP contribution >= 0.6 is 0 Å². The lowest BCUT2D eigenvalue weighted by Gasteiger charge is -2.18. The summed E-state index contributed by atoms with van der Waals surface area (Å²) in [5.74, 6) is -0.985. The SMILES string of the molecule is CC/C=C\C/C=C\C/C=C\C/C=C\CCCCCCC(=O)OC[C@H](COC(=O)CCC/C=C\C/C=C\C/C=C\C/C=C\CCCCC)OC(=O)CCCCCCCCCCCCCCC. The van der Waals surface area contributed by atoms with Crippen molar-refractivity contribution in [1.29, 1.82) is 0 Å². The normalized spacial score (nSPS) is 12.8. The summed E-state index contributed by atoms with van der Waals surface area (Å²) in [6, 6.07) is 0. The highest BCUT2D eigenvalue weighted by atomic mass is 16.6. The van der Waals surface area contributed by atoms with Gasteiger partial charge in [-0.1, -0.05) is 221 Å². The number of esters is 3. The van der Waals surface area contributed by atoms with Gasteiger partial charge in [0, 0.05) is 19.3 Å². The summed E-state index contributed by atoms with van der Waals surface area (Å²) in [4.78, 5) is 38.0. The summed E-state index contributed by atoms with van der Waals surface area (Å²) in [7, 11) is 0. The molecule has 6 heteroatoms. The molecule has 0 saturated carbocycles. The largest absolute Gasteiger partial charge is 0.462 e. The number of carbonyl (C=O) groups is 3. The molecule has 0 unspecified atom stereocenters. The number of hydrogen-bond acceptors (Lipinski definition) is 6. The quantitative estimate of drug-likeness (QED) is 0.0262. The Morgan fingerprint density at radius 3 is 1.03 bits per heavy atom. The summed E-state index contributed by atoms with van der Waals surface area (Å²) in [5, 5.41) is 0. The van der Waals surface area contributed by atoms with Crippen LogP contribution in [-0.4, -0.2) is 37.2 Å². The van der Waals surface area contributed by atoms with Crippen molar-refractivity contribution in [2.75, 3.05) is 13.2 Å². The van der Waals surface area contributed by atoms with E-state index < -0.39 is 6.10 Å². The molecule has 65 heavy (non-hydrogen) atoms.